The fourth-order valence-corrected chi connectivity index (χ4v) is 3.16. The van der Waals surface area contributed by atoms with Crippen LogP contribution in [-0.4, -0.2) is 7.11 Å². The first-order valence-electron chi connectivity index (χ1n) is 8.45. The molecule has 0 fully saturated rings. The molecule has 2 aromatic carbocycles. The standard InChI is InChI=1S/C22H24O2/c1-16(2)20-15-14-19(22(23-3)24-20)21(17-10-6-4-7-11-17)18-12-8-5-9-13-18/h4-13,15-16,21H,14H2,1-3H3. The second kappa shape index (κ2) is 7.39. The van der Waals surface area contributed by atoms with Gasteiger partial charge < -0.3 is 9.47 Å². The van der Waals surface area contributed by atoms with Gasteiger partial charge in [0, 0.05) is 17.4 Å². The van der Waals surface area contributed by atoms with Gasteiger partial charge in [0.1, 0.15) is 5.76 Å². The maximum absolute atomic E-state index is 6.05. The van der Waals surface area contributed by atoms with E-state index in [0.29, 0.717) is 11.9 Å². The fourth-order valence-electron chi connectivity index (χ4n) is 3.16. The molecule has 0 saturated carbocycles. The van der Waals surface area contributed by atoms with Crippen molar-refractivity contribution in [2.24, 2.45) is 5.92 Å². The van der Waals surface area contributed by atoms with E-state index in [1.807, 2.05) is 12.1 Å². The van der Waals surface area contributed by atoms with Gasteiger partial charge in [-0.2, -0.15) is 0 Å². The van der Waals surface area contributed by atoms with E-state index in [2.05, 4.69) is 68.5 Å². The predicted octanol–water partition coefficient (Wildman–Crippen LogP) is 5.64. The SMILES string of the molecule is COC1=C(C(c2ccccc2)c2ccccc2)CC=C(C(C)C)O1. The number of rotatable bonds is 5. The summed E-state index contributed by atoms with van der Waals surface area (Å²) in [7, 11) is 1.69. The van der Waals surface area contributed by atoms with Crippen LogP contribution < -0.4 is 0 Å². The molecule has 2 nitrogen and oxygen atoms in total. The molecule has 0 atom stereocenters. The average Bonchev–Trinajstić information content (AvgIpc) is 2.64. The summed E-state index contributed by atoms with van der Waals surface area (Å²) in [6, 6.07) is 21.1. The number of ether oxygens (including phenoxy) is 2. The van der Waals surface area contributed by atoms with Crippen LogP contribution in [0.25, 0.3) is 0 Å². The van der Waals surface area contributed by atoms with Crippen molar-refractivity contribution in [3.05, 3.63) is 95.1 Å². The second-order valence-electron chi connectivity index (χ2n) is 6.34. The Balaban J connectivity index is 2.06. The summed E-state index contributed by atoms with van der Waals surface area (Å²) in [5.41, 5.74) is 3.66. The molecular weight excluding hydrogens is 296 g/mol. The van der Waals surface area contributed by atoms with E-state index >= 15 is 0 Å². The maximum Gasteiger partial charge on any atom is 0.284 e. The zero-order chi connectivity index (χ0) is 16.9. The molecular formula is C22H24O2. The van der Waals surface area contributed by atoms with E-state index in [1.165, 1.54) is 16.7 Å². The molecule has 0 bridgehead atoms. The van der Waals surface area contributed by atoms with Crippen LogP contribution in [0, 0.1) is 5.92 Å². The summed E-state index contributed by atoms with van der Waals surface area (Å²) in [4.78, 5) is 0. The lowest BCUT2D eigenvalue weighted by atomic mass is 9.83. The minimum atomic E-state index is 0.132. The van der Waals surface area contributed by atoms with Crippen molar-refractivity contribution in [2.75, 3.05) is 7.11 Å². The van der Waals surface area contributed by atoms with Crippen LogP contribution in [0.2, 0.25) is 0 Å². The third-order valence-electron chi connectivity index (χ3n) is 4.36. The van der Waals surface area contributed by atoms with Crippen molar-refractivity contribution in [3.63, 3.8) is 0 Å². The first kappa shape index (κ1) is 16.4. The van der Waals surface area contributed by atoms with Crippen LogP contribution in [0.1, 0.15) is 37.3 Å². The molecule has 1 aliphatic rings. The molecule has 3 rings (SSSR count). The van der Waals surface area contributed by atoms with Gasteiger partial charge >= 0.3 is 0 Å². The van der Waals surface area contributed by atoms with E-state index in [9.17, 15) is 0 Å². The Labute approximate surface area is 144 Å². The number of methoxy groups -OCH3 is 1. The quantitative estimate of drug-likeness (QED) is 0.710. The van der Waals surface area contributed by atoms with Crippen LogP contribution in [0.15, 0.2) is 84.0 Å². The molecule has 124 valence electrons. The molecule has 0 saturated heterocycles. The lowest BCUT2D eigenvalue weighted by Gasteiger charge is -2.28. The molecule has 0 aromatic heterocycles. The highest BCUT2D eigenvalue weighted by Gasteiger charge is 2.27. The van der Waals surface area contributed by atoms with E-state index in [4.69, 9.17) is 9.47 Å². The van der Waals surface area contributed by atoms with Crippen molar-refractivity contribution in [3.8, 4) is 0 Å². The zero-order valence-electron chi connectivity index (χ0n) is 14.5. The summed E-state index contributed by atoms with van der Waals surface area (Å²) in [6.07, 6.45) is 3.02. The molecule has 0 N–H and O–H groups in total. The lowest BCUT2D eigenvalue weighted by Crippen LogP contribution is -2.15. The Morgan fingerprint density at radius 2 is 1.42 bits per heavy atom. The second-order valence-corrected chi connectivity index (χ2v) is 6.34. The van der Waals surface area contributed by atoms with Gasteiger partial charge in [0.15, 0.2) is 0 Å². The minimum absolute atomic E-state index is 0.132. The molecule has 0 aliphatic carbocycles. The van der Waals surface area contributed by atoms with Gasteiger partial charge in [-0.1, -0.05) is 74.5 Å². The fraction of sp³-hybridized carbons (Fsp3) is 0.273. The van der Waals surface area contributed by atoms with E-state index < -0.39 is 0 Å². The van der Waals surface area contributed by atoms with Gasteiger partial charge in [-0.15, -0.1) is 0 Å². The summed E-state index contributed by atoms with van der Waals surface area (Å²) in [5, 5.41) is 0. The van der Waals surface area contributed by atoms with Gasteiger partial charge in [0.05, 0.1) is 7.11 Å². The van der Waals surface area contributed by atoms with Gasteiger partial charge in [0.25, 0.3) is 5.95 Å². The van der Waals surface area contributed by atoms with Crippen molar-refractivity contribution in [2.45, 2.75) is 26.2 Å². The van der Waals surface area contributed by atoms with Crippen LogP contribution >= 0.6 is 0 Å². The number of benzene rings is 2. The van der Waals surface area contributed by atoms with Gasteiger partial charge in [0.2, 0.25) is 0 Å². The first-order valence-corrected chi connectivity index (χ1v) is 8.45. The Morgan fingerprint density at radius 3 is 1.88 bits per heavy atom. The highest BCUT2D eigenvalue weighted by molar-refractivity contribution is 5.43. The monoisotopic (exact) mass is 320 g/mol. The van der Waals surface area contributed by atoms with Crippen molar-refractivity contribution in [1.29, 1.82) is 0 Å². The Morgan fingerprint density at radius 1 is 0.875 bits per heavy atom. The molecule has 2 heteroatoms. The van der Waals surface area contributed by atoms with Gasteiger partial charge in [-0.05, 0) is 23.6 Å². The third-order valence-corrected chi connectivity index (χ3v) is 4.36. The number of hydrogen-bond donors (Lipinski definition) is 0. The van der Waals surface area contributed by atoms with Crippen molar-refractivity contribution in [1.82, 2.24) is 0 Å². The highest BCUT2D eigenvalue weighted by atomic mass is 16.7. The Kier molecular flexibility index (Phi) is 5.05. The van der Waals surface area contributed by atoms with Gasteiger partial charge in [-0.25, -0.2) is 0 Å². The largest absolute Gasteiger partial charge is 0.468 e. The molecule has 0 amide bonds. The molecule has 2 aromatic rings. The molecule has 0 radical (unpaired) electrons. The van der Waals surface area contributed by atoms with Crippen molar-refractivity contribution >= 4 is 0 Å². The molecule has 1 heterocycles. The number of allylic oxidation sites excluding steroid dienone is 3. The molecule has 1 aliphatic heterocycles. The summed E-state index contributed by atoms with van der Waals surface area (Å²) in [6.45, 7) is 4.27. The third kappa shape index (κ3) is 3.38. The predicted molar refractivity (Wildman–Crippen MR) is 97.4 cm³/mol. The van der Waals surface area contributed by atoms with Crippen molar-refractivity contribution < 1.29 is 9.47 Å². The van der Waals surface area contributed by atoms with Crippen LogP contribution in [0.4, 0.5) is 0 Å². The van der Waals surface area contributed by atoms with Crippen LogP contribution in [-0.2, 0) is 9.47 Å². The molecule has 0 unspecified atom stereocenters. The average molecular weight is 320 g/mol. The van der Waals surface area contributed by atoms with E-state index in [0.717, 1.165) is 12.2 Å². The lowest BCUT2D eigenvalue weighted by molar-refractivity contribution is 0.0805. The maximum atomic E-state index is 6.05. The smallest absolute Gasteiger partial charge is 0.284 e. The Bertz CT molecular complexity index is 688. The topological polar surface area (TPSA) is 18.5 Å². The summed E-state index contributed by atoms with van der Waals surface area (Å²) < 4.78 is 11.7. The molecule has 0 spiro atoms. The number of hydrogen-bond acceptors (Lipinski definition) is 2. The van der Waals surface area contributed by atoms with Crippen LogP contribution in [0.5, 0.6) is 0 Å². The minimum Gasteiger partial charge on any atom is -0.468 e. The van der Waals surface area contributed by atoms with E-state index in [1.54, 1.807) is 7.11 Å². The summed E-state index contributed by atoms with van der Waals surface area (Å²) >= 11 is 0. The summed E-state index contributed by atoms with van der Waals surface area (Å²) in [5.74, 6) is 2.10. The highest BCUT2D eigenvalue weighted by Crippen LogP contribution is 2.39. The van der Waals surface area contributed by atoms with E-state index in [-0.39, 0.29) is 5.92 Å². The first-order chi connectivity index (χ1) is 11.7. The Hall–Kier alpha value is -2.48. The molecule has 24 heavy (non-hydrogen) atoms. The normalized spacial score (nSPS) is 14.6. The van der Waals surface area contributed by atoms with Crippen LogP contribution in [0.3, 0.4) is 0 Å². The zero-order valence-corrected chi connectivity index (χ0v) is 14.5. The van der Waals surface area contributed by atoms with Gasteiger partial charge in [-0.3, -0.25) is 0 Å².